The lowest BCUT2D eigenvalue weighted by molar-refractivity contribution is 0.309. The van der Waals surface area contributed by atoms with Crippen LogP contribution in [0.3, 0.4) is 0 Å². The lowest BCUT2D eigenvalue weighted by atomic mass is 10.1. The lowest BCUT2D eigenvalue weighted by Crippen LogP contribution is -2.38. The molecule has 0 radical (unpaired) electrons. The summed E-state index contributed by atoms with van der Waals surface area (Å²) < 4.78 is 10.9. The zero-order valence-corrected chi connectivity index (χ0v) is 11.3. The second-order valence-electron chi connectivity index (χ2n) is 3.79. The van der Waals surface area contributed by atoms with Crippen LogP contribution in [0, 0.1) is 0 Å². The molecule has 2 nitrogen and oxygen atoms in total. The molecule has 0 aromatic carbocycles. The minimum absolute atomic E-state index is 0.432. The summed E-state index contributed by atoms with van der Waals surface area (Å²) in [5.74, 6) is 0. The molecule has 0 aromatic heterocycles. The monoisotopic (exact) mass is 218 g/mol. The maximum Gasteiger partial charge on any atom is 0.303 e. The first kappa shape index (κ1) is 11.4. The van der Waals surface area contributed by atoms with Gasteiger partial charge in [0.15, 0.2) is 0 Å². The van der Waals surface area contributed by atoms with Gasteiger partial charge in [0.25, 0.3) is 10.0 Å². The van der Waals surface area contributed by atoms with E-state index in [1.54, 1.807) is 0 Å². The minimum atomic E-state index is -1.00. The van der Waals surface area contributed by atoms with Crippen molar-refractivity contribution in [2.75, 3.05) is 0 Å². The van der Waals surface area contributed by atoms with Crippen LogP contribution in [0.25, 0.3) is 0 Å². The van der Waals surface area contributed by atoms with Gasteiger partial charge in [0.05, 0.1) is 0 Å². The molecule has 0 atom stereocenters. The Labute approximate surface area is 85.9 Å². The van der Waals surface area contributed by atoms with Gasteiger partial charge in [0.1, 0.15) is 0 Å². The first-order valence-corrected chi connectivity index (χ1v) is 8.58. The molecule has 1 rings (SSSR count). The van der Waals surface area contributed by atoms with Crippen LogP contribution in [0.5, 0.6) is 0 Å². The number of hydrogen-bond donors (Lipinski definition) is 0. The van der Waals surface area contributed by atoms with Crippen LogP contribution < -0.4 is 0 Å². The molecule has 78 valence electrons. The second kappa shape index (κ2) is 7.73. The molecule has 0 aliphatic carbocycles. The van der Waals surface area contributed by atoms with Crippen molar-refractivity contribution in [3.8, 4) is 0 Å². The van der Waals surface area contributed by atoms with Crippen molar-refractivity contribution in [3.05, 3.63) is 0 Å². The Morgan fingerprint density at radius 1 is 0.923 bits per heavy atom. The lowest BCUT2D eigenvalue weighted by Gasteiger charge is -2.25. The summed E-state index contributed by atoms with van der Waals surface area (Å²) in [6, 6.07) is 1.26. The SMILES string of the molecule is CCCCCCCCC[SiH]1O[SiH2]O1. The van der Waals surface area contributed by atoms with Crippen molar-refractivity contribution >= 4 is 19.3 Å². The highest BCUT2D eigenvalue weighted by molar-refractivity contribution is 6.64. The number of hydrogen-bond acceptors (Lipinski definition) is 2. The van der Waals surface area contributed by atoms with Gasteiger partial charge in [-0.1, -0.05) is 51.9 Å². The van der Waals surface area contributed by atoms with Gasteiger partial charge >= 0.3 is 9.28 Å². The van der Waals surface area contributed by atoms with E-state index in [-0.39, 0.29) is 0 Å². The van der Waals surface area contributed by atoms with Gasteiger partial charge < -0.3 is 8.23 Å². The van der Waals surface area contributed by atoms with E-state index in [0.29, 0.717) is 0 Å². The Morgan fingerprint density at radius 2 is 1.54 bits per heavy atom. The first-order valence-electron chi connectivity index (χ1n) is 5.66. The van der Waals surface area contributed by atoms with Gasteiger partial charge in [-0.25, -0.2) is 0 Å². The van der Waals surface area contributed by atoms with E-state index >= 15 is 0 Å². The standard InChI is InChI=1S/C9H22O2Si2/c1-2-3-4-5-6-7-8-9-13-10-12-11-13/h13H,2-9,12H2,1H3. The summed E-state index contributed by atoms with van der Waals surface area (Å²) in [4.78, 5) is 0. The summed E-state index contributed by atoms with van der Waals surface area (Å²) >= 11 is 0. The third kappa shape index (κ3) is 5.62. The third-order valence-electron chi connectivity index (χ3n) is 2.55. The maximum atomic E-state index is 5.43. The van der Waals surface area contributed by atoms with E-state index in [1.165, 1.54) is 51.0 Å². The summed E-state index contributed by atoms with van der Waals surface area (Å²) in [6.45, 7) is 2.26. The molecule has 1 aliphatic heterocycles. The second-order valence-corrected chi connectivity index (χ2v) is 8.13. The van der Waals surface area contributed by atoms with Crippen molar-refractivity contribution in [1.29, 1.82) is 0 Å². The normalized spacial score (nSPS) is 23.3. The van der Waals surface area contributed by atoms with Crippen LogP contribution in [0.1, 0.15) is 51.9 Å². The zero-order chi connectivity index (χ0) is 9.36. The highest BCUT2D eigenvalue weighted by Crippen LogP contribution is 2.13. The minimum Gasteiger partial charge on any atom is -0.422 e. The van der Waals surface area contributed by atoms with E-state index in [4.69, 9.17) is 8.23 Å². The molecule has 0 bridgehead atoms. The topological polar surface area (TPSA) is 18.5 Å². The van der Waals surface area contributed by atoms with Gasteiger partial charge in [-0.05, 0) is 6.04 Å². The molecule has 0 amide bonds. The average Bonchev–Trinajstić information content (AvgIpc) is 2.07. The van der Waals surface area contributed by atoms with Crippen molar-refractivity contribution in [3.63, 3.8) is 0 Å². The number of unbranched alkanes of at least 4 members (excludes halogenated alkanes) is 6. The average molecular weight is 218 g/mol. The molecule has 1 fully saturated rings. The van der Waals surface area contributed by atoms with Crippen LogP contribution in [0.4, 0.5) is 0 Å². The van der Waals surface area contributed by atoms with Gasteiger partial charge in [0, 0.05) is 0 Å². The summed E-state index contributed by atoms with van der Waals surface area (Å²) in [6.07, 6.45) is 9.77. The van der Waals surface area contributed by atoms with E-state index in [1.807, 2.05) is 0 Å². The molecule has 0 aromatic rings. The highest BCUT2D eigenvalue weighted by Gasteiger charge is 2.20. The first-order chi connectivity index (χ1) is 6.43. The highest BCUT2D eigenvalue weighted by atomic mass is 28.4. The van der Waals surface area contributed by atoms with Gasteiger partial charge in [-0.3, -0.25) is 0 Å². The van der Waals surface area contributed by atoms with E-state index < -0.39 is 19.3 Å². The van der Waals surface area contributed by atoms with Crippen LogP contribution in [-0.4, -0.2) is 19.3 Å². The molecule has 1 heterocycles. The summed E-state index contributed by atoms with van der Waals surface area (Å²) in [5.41, 5.74) is 0. The Balaban J connectivity index is 1.68. The van der Waals surface area contributed by atoms with Crippen molar-refractivity contribution in [1.82, 2.24) is 0 Å². The Hall–Kier alpha value is 0.354. The van der Waals surface area contributed by atoms with E-state index in [2.05, 4.69) is 6.92 Å². The Bertz CT molecular complexity index is 118. The quantitative estimate of drug-likeness (QED) is 0.458. The molecule has 1 saturated heterocycles. The fourth-order valence-electron chi connectivity index (χ4n) is 1.60. The largest absolute Gasteiger partial charge is 0.422 e. The van der Waals surface area contributed by atoms with Crippen LogP contribution in [-0.2, 0) is 8.23 Å². The van der Waals surface area contributed by atoms with Crippen molar-refractivity contribution in [2.45, 2.75) is 57.9 Å². The predicted octanol–water partition coefficient (Wildman–Crippen LogP) is 2.00. The molecular weight excluding hydrogens is 196 g/mol. The molecule has 0 N–H and O–H groups in total. The molecule has 0 unspecified atom stereocenters. The fraction of sp³-hybridized carbons (Fsp3) is 1.00. The van der Waals surface area contributed by atoms with Gasteiger partial charge in [-0.15, -0.1) is 0 Å². The van der Waals surface area contributed by atoms with Gasteiger partial charge in [0.2, 0.25) is 0 Å². The molecule has 4 heteroatoms. The predicted molar refractivity (Wildman–Crippen MR) is 60.7 cm³/mol. The molecule has 13 heavy (non-hydrogen) atoms. The van der Waals surface area contributed by atoms with E-state index in [0.717, 1.165) is 0 Å². The third-order valence-corrected chi connectivity index (χ3v) is 7.49. The fourth-order valence-corrected chi connectivity index (χ4v) is 4.87. The van der Waals surface area contributed by atoms with Crippen LogP contribution >= 0.6 is 0 Å². The van der Waals surface area contributed by atoms with Crippen molar-refractivity contribution < 1.29 is 8.23 Å². The molecule has 0 saturated carbocycles. The molecular formula is C9H22O2Si2. The Kier molecular flexibility index (Phi) is 6.80. The van der Waals surface area contributed by atoms with Crippen LogP contribution in [0.2, 0.25) is 6.04 Å². The van der Waals surface area contributed by atoms with Crippen molar-refractivity contribution in [2.24, 2.45) is 0 Å². The smallest absolute Gasteiger partial charge is 0.303 e. The van der Waals surface area contributed by atoms with Crippen LogP contribution in [0.15, 0.2) is 0 Å². The molecule has 1 aliphatic rings. The zero-order valence-electron chi connectivity index (χ0n) is 8.76. The Morgan fingerprint density at radius 3 is 2.08 bits per heavy atom. The van der Waals surface area contributed by atoms with Gasteiger partial charge in [-0.2, -0.15) is 0 Å². The molecule has 0 spiro atoms. The number of rotatable bonds is 8. The maximum absolute atomic E-state index is 5.43. The summed E-state index contributed by atoms with van der Waals surface area (Å²) in [7, 11) is -1.44. The van der Waals surface area contributed by atoms with E-state index in [9.17, 15) is 0 Å². The summed E-state index contributed by atoms with van der Waals surface area (Å²) in [5, 5.41) is 0.